The predicted molar refractivity (Wildman–Crippen MR) is 106 cm³/mol. The van der Waals surface area contributed by atoms with Crippen molar-refractivity contribution in [3.63, 3.8) is 0 Å². The summed E-state index contributed by atoms with van der Waals surface area (Å²) >= 11 is 0. The molecule has 0 aliphatic rings. The molecule has 0 spiro atoms. The van der Waals surface area contributed by atoms with E-state index in [2.05, 4.69) is 30.3 Å². The first-order valence-electron chi connectivity index (χ1n) is 8.71. The molecule has 154 valence electrons. The molecule has 10 heteroatoms. The number of ether oxygens (including phenoxy) is 1. The second kappa shape index (κ2) is 9.50. The lowest BCUT2D eigenvalue weighted by atomic mass is 10.2. The van der Waals surface area contributed by atoms with Crippen LogP contribution in [0.3, 0.4) is 0 Å². The highest BCUT2D eigenvalue weighted by atomic mass is 19.4. The fourth-order valence-corrected chi connectivity index (χ4v) is 2.44. The number of pyridine rings is 1. The minimum absolute atomic E-state index is 0.315. The molecule has 3 aromatic rings. The number of benzene rings is 1. The molecule has 7 nitrogen and oxygen atoms in total. The Labute approximate surface area is 170 Å². The molecule has 0 amide bonds. The van der Waals surface area contributed by atoms with Gasteiger partial charge in [0, 0.05) is 48.7 Å². The van der Waals surface area contributed by atoms with E-state index in [1.54, 1.807) is 24.7 Å². The second-order valence-electron chi connectivity index (χ2n) is 5.97. The van der Waals surface area contributed by atoms with Crippen molar-refractivity contribution in [2.24, 2.45) is 0 Å². The van der Waals surface area contributed by atoms with Crippen LogP contribution in [0.25, 0.3) is 5.57 Å². The van der Waals surface area contributed by atoms with Crippen LogP contribution >= 0.6 is 0 Å². The van der Waals surface area contributed by atoms with Crippen molar-refractivity contribution in [3.8, 4) is 5.75 Å². The van der Waals surface area contributed by atoms with Crippen molar-refractivity contribution in [2.45, 2.75) is 12.9 Å². The Hall–Kier alpha value is -3.95. The minimum Gasteiger partial charge on any atom is -0.406 e. The first-order valence-corrected chi connectivity index (χ1v) is 8.71. The summed E-state index contributed by atoms with van der Waals surface area (Å²) in [6.45, 7) is 0.535. The molecule has 0 saturated carbocycles. The average molecular weight is 414 g/mol. The molecule has 3 N–H and O–H groups in total. The maximum atomic E-state index is 12.2. The van der Waals surface area contributed by atoms with Gasteiger partial charge in [0.05, 0.1) is 5.69 Å². The average Bonchev–Trinajstić information content (AvgIpc) is 2.73. The molecule has 0 atom stereocenters. The van der Waals surface area contributed by atoms with Gasteiger partial charge in [0.2, 0.25) is 0 Å². The summed E-state index contributed by atoms with van der Waals surface area (Å²) in [5, 5.41) is 13.7. The Morgan fingerprint density at radius 1 is 1.13 bits per heavy atom. The predicted octanol–water partition coefficient (Wildman–Crippen LogP) is 4.29. The summed E-state index contributed by atoms with van der Waals surface area (Å²) < 4.78 is 40.6. The number of aromatic nitrogens is 3. The highest BCUT2D eigenvalue weighted by Crippen LogP contribution is 2.25. The number of anilines is 2. The van der Waals surface area contributed by atoms with E-state index < -0.39 is 6.36 Å². The molecule has 1 aromatic carbocycles. The third-order valence-electron chi connectivity index (χ3n) is 3.77. The van der Waals surface area contributed by atoms with E-state index in [1.807, 2.05) is 12.1 Å². The number of alkyl halides is 3. The maximum absolute atomic E-state index is 12.2. The van der Waals surface area contributed by atoms with E-state index in [9.17, 15) is 13.2 Å². The molecule has 0 fully saturated rings. The smallest absolute Gasteiger partial charge is 0.406 e. The number of halogens is 3. The van der Waals surface area contributed by atoms with Crippen molar-refractivity contribution < 1.29 is 17.9 Å². The van der Waals surface area contributed by atoms with Gasteiger partial charge < -0.3 is 20.8 Å². The summed E-state index contributed by atoms with van der Waals surface area (Å²) in [4.78, 5) is 12.3. The fraction of sp³-hybridized carbons (Fsp3) is 0.100. The van der Waals surface area contributed by atoms with Crippen molar-refractivity contribution in [1.82, 2.24) is 20.3 Å². The number of allylic oxidation sites excluding steroid dienone is 1. The van der Waals surface area contributed by atoms with Crippen LogP contribution in [0.4, 0.5) is 24.7 Å². The van der Waals surface area contributed by atoms with Crippen LogP contribution in [-0.4, -0.2) is 27.5 Å². The summed E-state index contributed by atoms with van der Waals surface area (Å²) in [6, 6.07) is 10.7. The number of nitrogens with one attached hydrogen (secondary N) is 3. The van der Waals surface area contributed by atoms with Gasteiger partial charge >= 0.3 is 6.36 Å². The number of nitrogens with zero attached hydrogens (tertiary/aromatic N) is 3. The lowest BCUT2D eigenvalue weighted by Gasteiger charge is -2.10. The van der Waals surface area contributed by atoms with Gasteiger partial charge in [-0.05, 0) is 35.9 Å². The first-order chi connectivity index (χ1) is 14.4. The van der Waals surface area contributed by atoms with Crippen LogP contribution in [0.1, 0.15) is 11.3 Å². The molecule has 2 aromatic heterocycles. The monoisotopic (exact) mass is 414 g/mol. The van der Waals surface area contributed by atoms with Crippen LogP contribution in [0.2, 0.25) is 0 Å². The normalized spacial score (nSPS) is 11.6. The summed E-state index contributed by atoms with van der Waals surface area (Å²) in [7, 11) is 0. The molecule has 0 bridgehead atoms. The van der Waals surface area contributed by atoms with Gasteiger partial charge in [-0.3, -0.25) is 4.98 Å². The highest BCUT2D eigenvalue weighted by molar-refractivity contribution is 6.07. The van der Waals surface area contributed by atoms with Gasteiger partial charge in [0.15, 0.2) is 0 Å². The molecular weight excluding hydrogens is 397 g/mol. The van der Waals surface area contributed by atoms with E-state index in [0.717, 1.165) is 11.8 Å². The lowest BCUT2D eigenvalue weighted by molar-refractivity contribution is -0.274. The minimum atomic E-state index is -4.74. The van der Waals surface area contributed by atoms with Crippen molar-refractivity contribution in [3.05, 3.63) is 78.6 Å². The van der Waals surface area contributed by atoms with Gasteiger partial charge in [-0.25, -0.2) is 9.97 Å². The largest absolute Gasteiger partial charge is 0.573 e. The van der Waals surface area contributed by atoms with E-state index in [0.29, 0.717) is 29.3 Å². The van der Waals surface area contributed by atoms with Gasteiger partial charge in [0.25, 0.3) is 0 Å². The quantitative estimate of drug-likeness (QED) is 0.476. The zero-order valence-electron chi connectivity index (χ0n) is 15.5. The Kier molecular flexibility index (Phi) is 6.58. The molecule has 2 heterocycles. The van der Waals surface area contributed by atoms with Crippen molar-refractivity contribution in [1.29, 1.82) is 5.41 Å². The van der Waals surface area contributed by atoms with E-state index in [-0.39, 0.29) is 5.75 Å². The van der Waals surface area contributed by atoms with Crippen LogP contribution in [0.15, 0.2) is 67.4 Å². The standard InChI is InChI=1S/C20H17F3N6O/c21-20(22,23)30-17-5-3-16(4-6-17)29-19-8-18(27-13-28-19)15(9-24)12-26-11-14-2-1-7-25-10-14/h1-10,12-13,24,26H,11H2,(H,27,28,29)/b15-12+,24-9?. The second-order valence-corrected chi connectivity index (χ2v) is 5.97. The Bertz CT molecular complexity index is 1010. The SMILES string of the molecule is N=C/C(=C\NCc1cccnc1)c1cc(Nc2ccc(OC(F)(F)F)cc2)ncn1. The van der Waals surface area contributed by atoms with E-state index >= 15 is 0 Å². The third kappa shape index (κ3) is 6.30. The van der Waals surface area contributed by atoms with E-state index in [1.165, 1.54) is 30.6 Å². The molecule has 0 radical (unpaired) electrons. The van der Waals surface area contributed by atoms with Gasteiger partial charge in [-0.1, -0.05) is 6.07 Å². The van der Waals surface area contributed by atoms with Crippen LogP contribution < -0.4 is 15.4 Å². The van der Waals surface area contributed by atoms with Gasteiger partial charge in [-0.2, -0.15) is 0 Å². The van der Waals surface area contributed by atoms with Crippen LogP contribution in [0.5, 0.6) is 5.75 Å². The Morgan fingerprint density at radius 3 is 2.60 bits per heavy atom. The zero-order valence-corrected chi connectivity index (χ0v) is 15.5. The van der Waals surface area contributed by atoms with Crippen molar-refractivity contribution in [2.75, 3.05) is 5.32 Å². The van der Waals surface area contributed by atoms with Gasteiger partial charge in [0.1, 0.15) is 17.9 Å². The van der Waals surface area contributed by atoms with Crippen molar-refractivity contribution >= 4 is 23.3 Å². The first kappa shape index (κ1) is 20.8. The molecule has 0 aliphatic carbocycles. The molecule has 0 saturated heterocycles. The third-order valence-corrected chi connectivity index (χ3v) is 3.77. The number of hydrogen-bond acceptors (Lipinski definition) is 7. The summed E-state index contributed by atoms with van der Waals surface area (Å²) in [5.74, 6) is 0.106. The fourth-order valence-electron chi connectivity index (χ4n) is 2.44. The number of hydrogen-bond donors (Lipinski definition) is 3. The highest BCUT2D eigenvalue weighted by Gasteiger charge is 2.30. The maximum Gasteiger partial charge on any atom is 0.573 e. The summed E-state index contributed by atoms with van der Waals surface area (Å²) in [6.07, 6.45) is 2.84. The lowest BCUT2D eigenvalue weighted by Crippen LogP contribution is -2.16. The Morgan fingerprint density at radius 2 is 1.93 bits per heavy atom. The molecule has 0 unspecified atom stereocenters. The molecule has 3 rings (SSSR count). The molecule has 30 heavy (non-hydrogen) atoms. The van der Waals surface area contributed by atoms with Crippen LogP contribution in [-0.2, 0) is 6.54 Å². The number of rotatable bonds is 8. The Balaban J connectivity index is 1.67. The zero-order chi connectivity index (χ0) is 21.4. The van der Waals surface area contributed by atoms with Crippen LogP contribution in [0, 0.1) is 5.41 Å². The van der Waals surface area contributed by atoms with E-state index in [4.69, 9.17) is 5.41 Å². The molecule has 0 aliphatic heterocycles. The molecular formula is C20H17F3N6O. The van der Waals surface area contributed by atoms with Gasteiger partial charge in [-0.15, -0.1) is 13.2 Å². The summed E-state index contributed by atoms with van der Waals surface area (Å²) in [5.41, 5.74) is 2.53. The topological polar surface area (TPSA) is 95.8 Å².